The first-order valence-corrected chi connectivity index (χ1v) is 4.50. The van der Waals surface area contributed by atoms with E-state index < -0.39 is 0 Å². The number of ether oxygens (including phenoxy) is 1. The molecule has 0 aromatic rings. The van der Waals surface area contributed by atoms with Gasteiger partial charge in [0.2, 0.25) is 7.05 Å². The summed E-state index contributed by atoms with van der Waals surface area (Å²) >= 11 is 0. The van der Waals surface area contributed by atoms with E-state index in [0.29, 0.717) is 13.0 Å². The predicted octanol–water partition coefficient (Wildman–Crippen LogP) is 0.938. The van der Waals surface area contributed by atoms with Crippen molar-refractivity contribution in [2.45, 2.75) is 13.3 Å². The number of nitrogens with zero attached hydrogens (tertiary/aromatic N) is 2. The molecule has 2 unspecified atom stereocenters. The van der Waals surface area contributed by atoms with Crippen LogP contribution in [0.1, 0.15) is 13.3 Å². The van der Waals surface area contributed by atoms with E-state index in [0.717, 1.165) is 5.70 Å². The molecule has 0 aromatic heterocycles. The lowest BCUT2D eigenvalue weighted by molar-refractivity contribution is -0.727. The molecule has 0 N–H and O–H groups in total. The van der Waals surface area contributed by atoms with E-state index in [1.165, 1.54) is 0 Å². The second-order valence-electron chi connectivity index (χ2n) is 4.32. The van der Waals surface area contributed by atoms with Crippen molar-refractivity contribution in [1.82, 2.24) is 0 Å². The first-order valence-electron chi connectivity index (χ1n) is 4.50. The van der Waals surface area contributed by atoms with E-state index in [1.54, 1.807) is 12.5 Å². The molecule has 0 saturated carbocycles. The maximum Gasteiger partial charge on any atom is 0.307 e. The quantitative estimate of drug-likeness (QED) is 0.459. The van der Waals surface area contributed by atoms with Gasteiger partial charge in [-0.05, 0) is 6.92 Å². The topological polar surface area (TPSA) is 38.7 Å². The first-order chi connectivity index (χ1) is 6.44. The summed E-state index contributed by atoms with van der Waals surface area (Å²) in [5.74, 6) is -0.166. The van der Waals surface area contributed by atoms with Crippen LogP contribution in [0.5, 0.6) is 0 Å². The Bertz CT molecular complexity index is 344. The predicted molar refractivity (Wildman–Crippen MR) is 50.7 cm³/mol. The molecule has 0 spiro atoms. The molecule has 2 aliphatic heterocycles. The molecule has 2 heterocycles. The molecule has 2 radical (unpaired) electrons. The summed E-state index contributed by atoms with van der Waals surface area (Å²) in [4.78, 5) is 15.1. The van der Waals surface area contributed by atoms with Crippen LogP contribution in [0.25, 0.3) is 0 Å². The molecule has 0 aliphatic carbocycles. The van der Waals surface area contributed by atoms with E-state index >= 15 is 0 Å². The Morgan fingerprint density at radius 3 is 2.86 bits per heavy atom. The molecule has 4 heteroatoms. The van der Waals surface area contributed by atoms with Crippen LogP contribution in [-0.4, -0.2) is 30.4 Å². The van der Waals surface area contributed by atoms with Crippen LogP contribution in [0.4, 0.5) is 0 Å². The molecule has 1 fully saturated rings. The van der Waals surface area contributed by atoms with E-state index in [-0.39, 0.29) is 15.9 Å². The van der Waals surface area contributed by atoms with Gasteiger partial charge < -0.3 is 4.74 Å². The van der Waals surface area contributed by atoms with Crippen molar-refractivity contribution in [3.63, 3.8) is 0 Å². The Kier molecular flexibility index (Phi) is 1.79. The van der Waals surface area contributed by atoms with Crippen molar-refractivity contribution >= 4 is 12.3 Å². The van der Waals surface area contributed by atoms with Gasteiger partial charge >= 0.3 is 5.97 Å². The van der Waals surface area contributed by atoms with Crippen LogP contribution in [0.3, 0.4) is 0 Å². The highest BCUT2D eigenvalue weighted by molar-refractivity contribution is 5.73. The molecule has 4 nitrogen and oxygen atoms in total. The summed E-state index contributed by atoms with van der Waals surface area (Å²) in [6, 6.07) is 0. The second kappa shape index (κ2) is 2.67. The fourth-order valence-electron chi connectivity index (χ4n) is 1.99. The van der Waals surface area contributed by atoms with Gasteiger partial charge in [-0.1, -0.05) is 0 Å². The molecule has 74 valence electrons. The van der Waals surface area contributed by atoms with Gasteiger partial charge in [0.15, 0.2) is 6.34 Å². The van der Waals surface area contributed by atoms with Gasteiger partial charge in [-0.2, -0.15) is 0 Å². The van der Waals surface area contributed by atoms with Crippen molar-refractivity contribution in [1.29, 1.82) is 0 Å². The molecular weight excluding hydrogens is 180 g/mol. The summed E-state index contributed by atoms with van der Waals surface area (Å²) < 4.78 is 5.09. The van der Waals surface area contributed by atoms with E-state index in [1.807, 2.05) is 14.0 Å². The Morgan fingerprint density at radius 2 is 2.43 bits per heavy atom. The number of aliphatic imine (C=N–C) groups is 1. The molecule has 2 rings (SSSR count). The van der Waals surface area contributed by atoms with Gasteiger partial charge in [0, 0.05) is 0 Å². The minimum Gasteiger partial charge on any atom is -0.464 e. The standard InChI is InChI=1S/C10H13N2O2/c1-10(4-9(13)14-6-10)8-5-11-7-12(8,2)3/h2,5,7H,4,6H2,1,3H3/q+1. The minimum atomic E-state index is -0.308. The number of hydrogen-bond donors (Lipinski definition) is 0. The maximum atomic E-state index is 11.1. The van der Waals surface area contributed by atoms with Crippen LogP contribution in [-0.2, 0) is 9.53 Å². The number of hydrogen-bond acceptors (Lipinski definition) is 3. The van der Waals surface area contributed by atoms with Crippen molar-refractivity contribution in [3.05, 3.63) is 18.9 Å². The van der Waals surface area contributed by atoms with Gasteiger partial charge in [-0.15, -0.1) is 0 Å². The lowest BCUT2D eigenvalue weighted by Gasteiger charge is -2.30. The summed E-state index contributed by atoms with van der Waals surface area (Å²) in [5, 5.41) is 0. The average Bonchev–Trinajstić information content (AvgIpc) is 2.56. The van der Waals surface area contributed by atoms with E-state index in [9.17, 15) is 4.79 Å². The summed E-state index contributed by atoms with van der Waals surface area (Å²) in [6.07, 6.45) is 3.75. The van der Waals surface area contributed by atoms with Gasteiger partial charge in [0.05, 0.1) is 25.1 Å². The van der Waals surface area contributed by atoms with Crippen LogP contribution < -0.4 is 0 Å². The van der Waals surface area contributed by atoms with Crippen molar-refractivity contribution in [3.8, 4) is 0 Å². The summed E-state index contributed by atoms with van der Waals surface area (Å²) in [7, 11) is 7.82. The zero-order valence-corrected chi connectivity index (χ0v) is 8.36. The Labute approximate surface area is 83.5 Å². The third kappa shape index (κ3) is 1.26. The first kappa shape index (κ1) is 9.40. The van der Waals surface area contributed by atoms with E-state index in [4.69, 9.17) is 11.8 Å². The fourth-order valence-corrected chi connectivity index (χ4v) is 1.99. The number of rotatable bonds is 1. The third-order valence-corrected chi connectivity index (χ3v) is 2.73. The van der Waals surface area contributed by atoms with Gasteiger partial charge in [-0.3, -0.25) is 4.79 Å². The fraction of sp³-hybridized carbons (Fsp3) is 0.500. The van der Waals surface area contributed by atoms with Crippen molar-refractivity contribution in [2.24, 2.45) is 10.4 Å². The zero-order chi connectivity index (χ0) is 10.4. The smallest absolute Gasteiger partial charge is 0.307 e. The zero-order valence-electron chi connectivity index (χ0n) is 8.36. The Hall–Kier alpha value is -1.16. The van der Waals surface area contributed by atoms with Crippen LogP contribution in [0.2, 0.25) is 0 Å². The minimum absolute atomic E-state index is 0.118. The molecule has 2 atom stereocenters. The number of carbonyl (C=O) groups is 1. The number of carbonyl (C=O) groups excluding carboxylic acids is 1. The molecule has 2 aliphatic rings. The maximum absolute atomic E-state index is 11.1. The van der Waals surface area contributed by atoms with Gasteiger partial charge in [-0.25, -0.2) is 9.48 Å². The highest BCUT2D eigenvalue weighted by atomic mass is 16.5. The highest BCUT2D eigenvalue weighted by Gasteiger charge is 2.48. The lowest BCUT2D eigenvalue weighted by atomic mass is 9.85. The van der Waals surface area contributed by atoms with Gasteiger partial charge in [0.1, 0.15) is 12.3 Å². The molecule has 0 aromatic carbocycles. The molecule has 0 amide bonds. The van der Waals surface area contributed by atoms with Gasteiger partial charge in [0.25, 0.3) is 0 Å². The molecule has 1 saturated heterocycles. The largest absolute Gasteiger partial charge is 0.464 e. The number of esters is 1. The average molecular weight is 193 g/mol. The van der Waals surface area contributed by atoms with Crippen LogP contribution in [0.15, 0.2) is 16.9 Å². The van der Waals surface area contributed by atoms with E-state index in [2.05, 4.69) is 4.99 Å². The summed E-state index contributed by atoms with van der Waals surface area (Å²) in [5.41, 5.74) is 0.611. The SMILES string of the molecule is [CH][N+]1(C)C=NC=C1C1(C)COC(=O)C1. The number of cyclic esters (lactones) is 1. The molecular formula is C10H13N2O2+. The third-order valence-electron chi connectivity index (χ3n) is 2.73. The van der Waals surface area contributed by atoms with Crippen molar-refractivity contribution in [2.75, 3.05) is 13.7 Å². The summed E-state index contributed by atoms with van der Waals surface area (Å²) in [6.45, 7) is 2.37. The number of quaternary nitrogens is 1. The van der Waals surface area contributed by atoms with Crippen molar-refractivity contribution < 1.29 is 14.0 Å². The normalized spacial score (nSPS) is 34.5. The monoisotopic (exact) mass is 193 g/mol. The Balaban J connectivity index is 2.29. The lowest BCUT2D eigenvalue weighted by Crippen LogP contribution is -2.40. The molecule has 0 bridgehead atoms. The van der Waals surface area contributed by atoms with Crippen LogP contribution in [0, 0.1) is 12.5 Å². The second-order valence-corrected chi connectivity index (χ2v) is 4.32. The Morgan fingerprint density at radius 1 is 1.71 bits per heavy atom. The highest BCUT2D eigenvalue weighted by Crippen LogP contribution is 2.41. The molecule has 14 heavy (non-hydrogen) atoms. The van der Waals surface area contributed by atoms with Crippen LogP contribution >= 0.6 is 0 Å².